The Hall–Kier alpha value is -3.46. The first-order valence-electron chi connectivity index (χ1n) is 8.42. The average Bonchev–Trinajstić information content (AvgIpc) is 3.11. The zero-order valence-electron chi connectivity index (χ0n) is 14.8. The van der Waals surface area contributed by atoms with Gasteiger partial charge in [-0.05, 0) is 24.6 Å². The lowest BCUT2D eigenvalue weighted by molar-refractivity contribution is -0.384. The van der Waals surface area contributed by atoms with Gasteiger partial charge in [0.15, 0.2) is 10.8 Å². The van der Waals surface area contributed by atoms with Crippen molar-refractivity contribution in [2.75, 3.05) is 0 Å². The van der Waals surface area contributed by atoms with Crippen molar-refractivity contribution in [3.05, 3.63) is 86.3 Å². The minimum atomic E-state index is -0.464. The van der Waals surface area contributed by atoms with E-state index in [1.165, 1.54) is 40.3 Å². The van der Waals surface area contributed by atoms with Crippen LogP contribution in [-0.4, -0.2) is 24.7 Å². The smallest absolute Gasteiger partial charge is 0.269 e. The molecule has 2 aromatic carbocycles. The maximum atomic E-state index is 12.4. The monoisotopic (exact) mass is 393 g/mol. The Labute approximate surface area is 163 Å². The molecule has 0 aliphatic heterocycles. The lowest BCUT2D eigenvalue weighted by Crippen LogP contribution is -2.09. The molecular formula is C19H15N5O3S. The molecule has 2 heterocycles. The number of aryl methyl sites for hydroxylation is 1. The third kappa shape index (κ3) is 3.52. The van der Waals surface area contributed by atoms with Gasteiger partial charge >= 0.3 is 0 Å². The lowest BCUT2D eigenvalue weighted by atomic mass is 10.2. The minimum Gasteiger partial charge on any atom is -0.301 e. The van der Waals surface area contributed by atoms with E-state index in [0.29, 0.717) is 27.6 Å². The van der Waals surface area contributed by atoms with Crippen molar-refractivity contribution in [1.82, 2.24) is 19.7 Å². The van der Waals surface area contributed by atoms with Crippen LogP contribution in [0.15, 0.2) is 64.7 Å². The van der Waals surface area contributed by atoms with Gasteiger partial charge in [0.05, 0.1) is 16.8 Å². The summed E-state index contributed by atoms with van der Waals surface area (Å²) in [6, 6.07) is 14.1. The van der Waals surface area contributed by atoms with E-state index in [4.69, 9.17) is 0 Å². The van der Waals surface area contributed by atoms with Gasteiger partial charge in [0.25, 0.3) is 11.2 Å². The molecule has 0 fully saturated rings. The summed E-state index contributed by atoms with van der Waals surface area (Å²) in [7, 11) is 0. The van der Waals surface area contributed by atoms with Crippen LogP contribution < -0.4 is 5.56 Å². The summed E-state index contributed by atoms with van der Waals surface area (Å²) in [6.45, 7) is 2.03. The van der Waals surface area contributed by atoms with Crippen molar-refractivity contribution in [2.24, 2.45) is 0 Å². The second-order valence-electron chi connectivity index (χ2n) is 6.22. The molecule has 0 radical (unpaired) electrons. The van der Waals surface area contributed by atoms with Crippen LogP contribution in [0.1, 0.15) is 11.1 Å². The third-order valence-electron chi connectivity index (χ3n) is 4.18. The summed E-state index contributed by atoms with van der Waals surface area (Å²) in [5.74, 6) is 0.668. The van der Waals surface area contributed by atoms with Gasteiger partial charge in [-0.2, -0.15) is 5.10 Å². The van der Waals surface area contributed by atoms with E-state index in [1.807, 2.05) is 25.1 Å². The summed E-state index contributed by atoms with van der Waals surface area (Å²) < 4.78 is 1.50. The average molecular weight is 393 g/mol. The fourth-order valence-electron chi connectivity index (χ4n) is 2.82. The molecule has 1 N–H and O–H groups in total. The Bertz CT molecular complexity index is 1230. The molecule has 140 valence electrons. The standard InChI is InChI=1S/C19H15N5O3S/c1-12-3-2-4-13(9-12)11-28-19-21-17-16(18(25)22-19)10-20-23(17)14-5-7-15(8-6-14)24(26)27/h2-10H,11H2,1H3,(H,21,22,25). The van der Waals surface area contributed by atoms with Crippen LogP contribution >= 0.6 is 11.8 Å². The summed E-state index contributed by atoms with van der Waals surface area (Å²) in [5, 5.41) is 15.9. The Morgan fingerprint density at radius 3 is 2.71 bits per heavy atom. The Balaban J connectivity index is 1.68. The summed E-state index contributed by atoms with van der Waals surface area (Å²) in [4.78, 5) is 30.1. The topological polar surface area (TPSA) is 107 Å². The maximum Gasteiger partial charge on any atom is 0.269 e. The predicted molar refractivity (Wildman–Crippen MR) is 107 cm³/mol. The lowest BCUT2D eigenvalue weighted by Gasteiger charge is -2.05. The molecule has 2 aromatic heterocycles. The highest BCUT2D eigenvalue weighted by Gasteiger charge is 2.13. The molecule has 8 nitrogen and oxygen atoms in total. The number of nitro benzene ring substituents is 1. The molecule has 0 atom stereocenters. The van der Waals surface area contributed by atoms with Crippen molar-refractivity contribution in [1.29, 1.82) is 0 Å². The van der Waals surface area contributed by atoms with Crippen molar-refractivity contribution in [3.8, 4) is 5.69 Å². The molecule has 4 aromatic rings. The number of non-ortho nitro benzene ring substituents is 1. The molecule has 0 unspecified atom stereocenters. The highest BCUT2D eigenvalue weighted by atomic mass is 32.2. The van der Waals surface area contributed by atoms with Crippen molar-refractivity contribution in [3.63, 3.8) is 0 Å². The van der Waals surface area contributed by atoms with E-state index in [1.54, 1.807) is 12.1 Å². The molecule has 0 saturated heterocycles. The van der Waals surface area contributed by atoms with Gasteiger partial charge in [0.2, 0.25) is 0 Å². The number of fused-ring (bicyclic) bond motifs is 1. The maximum absolute atomic E-state index is 12.4. The van der Waals surface area contributed by atoms with Gasteiger partial charge in [0.1, 0.15) is 5.39 Å². The largest absolute Gasteiger partial charge is 0.301 e. The number of H-pyrrole nitrogens is 1. The van der Waals surface area contributed by atoms with Gasteiger partial charge in [-0.15, -0.1) is 0 Å². The fourth-order valence-corrected chi connectivity index (χ4v) is 3.62. The van der Waals surface area contributed by atoms with Crippen LogP contribution in [0.5, 0.6) is 0 Å². The quantitative estimate of drug-likeness (QED) is 0.240. The van der Waals surface area contributed by atoms with Crippen LogP contribution in [0.25, 0.3) is 16.7 Å². The minimum absolute atomic E-state index is 0.0135. The Morgan fingerprint density at radius 2 is 2.00 bits per heavy atom. The normalized spacial score (nSPS) is 11.0. The number of hydrogen-bond donors (Lipinski definition) is 1. The zero-order valence-corrected chi connectivity index (χ0v) is 15.6. The van der Waals surface area contributed by atoms with E-state index in [-0.39, 0.29) is 11.2 Å². The number of aromatic amines is 1. The number of rotatable bonds is 5. The molecular weight excluding hydrogens is 378 g/mol. The predicted octanol–water partition coefficient (Wildman–Crippen LogP) is 3.62. The Kier molecular flexibility index (Phi) is 4.66. The highest BCUT2D eigenvalue weighted by Crippen LogP contribution is 2.22. The molecule has 0 amide bonds. The zero-order chi connectivity index (χ0) is 19.7. The summed E-state index contributed by atoms with van der Waals surface area (Å²) in [5.41, 5.74) is 3.02. The molecule has 0 aliphatic carbocycles. The van der Waals surface area contributed by atoms with Gasteiger partial charge in [-0.3, -0.25) is 14.9 Å². The summed E-state index contributed by atoms with van der Waals surface area (Å²) in [6.07, 6.45) is 1.44. The van der Waals surface area contributed by atoms with Crippen LogP contribution in [0.2, 0.25) is 0 Å². The molecule has 0 spiro atoms. The van der Waals surface area contributed by atoms with E-state index in [0.717, 1.165) is 5.56 Å². The van der Waals surface area contributed by atoms with Crippen molar-refractivity contribution >= 4 is 28.5 Å². The van der Waals surface area contributed by atoms with Crippen LogP contribution in [0.3, 0.4) is 0 Å². The Morgan fingerprint density at radius 1 is 1.21 bits per heavy atom. The number of nitro groups is 1. The number of nitrogens with one attached hydrogen (secondary N) is 1. The number of hydrogen-bond acceptors (Lipinski definition) is 6. The molecule has 0 aliphatic rings. The molecule has 4 rings (SSSR count). The van der Waals surface area contributed by atoms with Gasteiger partial charge in [-0.1, -0.05) is 41.6 Å². The fraction of sp³-hybridized carbons (Fsp3) is 0.105. The van der Waals surface area contributed by atoms with E-state index in [2.05, 4.69) is 21.1 Å². The van der Waals surface area contributed by atoms with E-state index in [9.17, 15) is 14.9 Å². The first kappa shape index (κ1) is 17.9. The van der Waals surface area contributed by atoms with Crippen molar-refractivity contribution < 1.29 is 4.92 Å². The van der Waals surface area contributed by atoms with Crippen LogP contribution in [-0.2, 0) is 5.75 Å². The first-order valence-corrected chi connectivity index (χ1v) is 9.41. The van der Waals surface area contributed by atoms with Gasteiger partial charge in [-0.25, -0.2) is 9.67 Å². The second-order valence-corrected chi connectivity index (χ2v) is 7.18. The number of benzene rings is 2. The molecule has 28 heavy (non-hydrogen) atoms. The first-order chi connectivity index (χ1) is 13.5. The van der Waals surface area contributed by atoms with Crippen LogP contribution in [0, 0.1) is 17.0 Å². The van der Waals surface area contributed by atoms with Crippen LogP contribution in [0.4, 0.5) is 5.69 Å². The van der Waals surface area contributed by atoms with Crippen molar-refractivity contribution in [2.45, 2.75) is 17.8 Å². The SMILES string of the molecule is Cc1cccc(CSc2nc3c(cnn3-c3ccc([N+](=O)[O-])cc3)c(=O)[nH]2)c1. The number of nitrogens with zero attached hydrogens (tertiary/aromatic N) is 4. The number of thioether (sulfide) groups is 1. The van der Waals surface area contributed by atoms with E-state index < -0.39 is 4.92 Å². The highest BCUT2D eigenvalue weighted by molar-refractivity contribution is 7.98. The number of aromatic nitrogens is 4. The second kappa shape index (κ2) is 7.28. The van der Waals surface area contributed by atoms with Gasteiger partial charge < -0.3 is 4.98 Å². The molecule has 0 saturated carbocycles. The molecule has 9 heteroatoms. The summed E-state index contributed by atoms with van der Waals surface area (Å²) >= 11 is 1.43. The van der Waals surface area contributed by atoms with Gasteiger partial charge in [0, 0.05) is 17.9 Å². The third-order valence-corrected chi connectivity index (χ3v) is 5.12. The van der Waals surface area contributed by atoms with E-state index >= 15 is 0 Å². The molecule has 0 bridgehead atoms.